The van der Waals surface area contributed by atoms with Crippen LogP contribution in [0, 0.1) is 0 Å². The van der Waals surface area contributed by atoms with E-state index < -0.39 is 11.8 Å². The molecule has 2 heterocycles. The number of anilines is 1. The Bertz CT molecular complexity index is 1200. The summed E-state index contributed by atoms with van der Waals surface area (Å²) in [6.45, 7) is 2.05. The zero-order chi connectivity index (χ0) is 20.0. The summed E-state index contributed by atoms with van der Waals surface area (Å²) in [7, 11) is 3.40. The Morgan fingerprint density at radius 2 is 1.61 bits per heavy atom. The number of carbonyl (C=O) groups is 2. The largest absolute Gasteiger partial charge is 0.328 e. The summed E-state index contributed by atoms with van der Waals surface area (Å²) < 4.78 is 3.09. The van der Waals surface area contributed by atoms with Crippen LogP contribution in [0.15, 0.2) is 52.8 Å². The third-order valence-electron chi connectivity index (χ3n) is 5.10. The number of hydrazine groups is 1. The second-order valence-electron chi connectivity index (χ2n) is 6.81. The normalized spacial score (nSPS) is 15.7. The number of fused-ring (bicyclic) bond motifs is 1. The molecule has 28 heavy (non-hydrogen) atoms. The number of hydrogen-bond acceptors (Lipinski definition) is 3. The van der Waals surface area contributed by atoms with Gasteiger partial charge in [0.15, 0.2) is 0 Å². The molecule has 1 N–H and O–H groups in total. The number of aromatic nitrogens is 2. The van der Waals surface area contributed by atoms with Gasteiger partial charge in [0.1, 0.15) is 5.57 Å². The van der Waals surface area contributed by atoms with Crippen LogP contribution in [-0.4, -0.2) is 20.9 Å². The summed E-state index contributed by atoms with van der Waals surface area (Å²) in [5.74, 6) is -0.858. The molecule has 0 aliphatic carbocycles. The Balaban J connectivity index is 1.70. The summed E-state index contributed by atoms with van der Waals surface area (Å²) >= 11 is 0. The van der Waals surface area contributed by atoms with Gasteiger partial charge in [-0.1, -0.05) is 25.1 Å². The summed E-state index contributed by atoms with van der Waals surface area (Å²) in [5.41, 5.74) is 6.50. The Hall–Kier alpha value is -3.61. The van der Waals surface area contributed by atoms with Crippen LogP contribution >= 0.6 is 0 Å². The zero-order valence-corrected chi connectivity index (χ0v) is 15.9. The SMILES string of the molecule is CCc1ccc(N2NC(=O)C(=Cc3ccc4c(c3)n(C)c(=O)n4C)C2=O)cc1. The van der Waals surface area contributed by atoms with Crippen molar-refractivity contribution in [2.75, 3.05) is 5.01 Å². The lowest BCUT2D eigenvalue weighted by atomic mass is 10.1. The highest BCUT2D eigenvalue weighted by molar-refractivity contribution is 6.31. The van der Waals surface area contributed by atoms with Crippen LogP contribution in [-0.2, 0) is 30.1 Å². The molecule has 2 amide bonds. The Labute approximate surface area is 161 Å². The maximum atomic E-state index is 12.8. The smallest absolute Gasteiger partial charge is 0.295 e. The van der Waals surface area contributed by atoms with E-state index in [-0.39, 0.29) is 11.3 Å². The maximum Gasteiger partial charge on any atom is 0.328 e. The predicted molar refractivity (Wildman–Crippen MR) is 108 cm³/mol. The van der Waals surface area contributed by atoms with Gasteiger partial charge in [0, 0.05) is 14.1 Å². The quantitative estimate of drug-likeness (QED) is 0.560. The lowest BCUT2D eigenvalue weighted by Crippen LogP contribution is -2.35. The van der Waals surface area contributed by atoms with E-state index in [2.05, 4.69) is 12.3 Å². The second kappa shape index (κ2) is 6.53. The summed E-state index contributed by atoms with van der Waals surface area (Å²) in [5, 5.41) is 1.25. The molecule has 0 atom stereocenters. The second-order valence-corrected chi connectivity index (χ2v) is 6.81. The number of carbonyl (C=O) groups excluding carboxylic acids is 2. The fourth-order valence-electron chi connectivity index (χ4n) is 3.40. The molecule has 7 heteroatoms. The highest BCUT2D eigenvalue weighted by atomic mass is 16.2. The van der Waals surface area contributed by atoms with Gasteiger partial charge >= 0.3 is 5.69 Å². The zero-order valence-electron chi connectivity index (χ0n) is 15.9. The molecule has 1 aliphatic heterocycles. The first-order valence-corrected chi connectivity index (χ1v) is 9.02. The molecule has 2 aromatic carbocycles. The summed E-state index contributed by atoms with van der Waals surface area (Å²) in [4.78, 5) is 37.2. The number of amides is 2. The van der Waals surface area contributed by atoms with Crippen LogP contribution in [0.25, 0.3) is 17.1 Å². The van der Waals surface area contributed by atoms with Crippen molar-refractivity contribution in [2.45, 2.75) is 13.3 Å². The number of rotatable bonds is 3. The van der Waals surface area contributed by atoms with E-state index >= 15 is 0 Å². The molecule has 0 bridgehead atoms. The number of imidazole rings is 1. The monoisotopic (exact) mass is 376 g/mol. The topological polar surface area (TPSA) is 76.3 Å². The van der Waals surface area contributed by atoms with Gasteiger partial charge in [-0.25, -0.2) is 9.80 Å². The standard InChI is InChI=1S/C21H20N4O3/c1-4-13-5-8-15(9-6-13)25-20(27)16(19(26)22-25)11-14-7-10-17-18(12-14)24(3)21(28)23(17)2/h5-12H,4H2,1-3H3,(H,22,26). The molecule has 142 valence electrons. The van der Waals surface area contributed by atoms with Crippen molar-refractivity contribution in [1.29, 1.82) is 0 Å². The number of hydrogen-bond donors (Lipinski definition) is 1. The van der Waals surface area contributed by atoms with E-state index in [4.69, 9.17) is 0 Å². The number of nitrogens with zero attached hydrogens (tertiary/aromatic N) is 3. The Kier molecular flexibility index (Phi) is 4.15. The van der Waals surface area contributed by atoms with Gasteiger partial charge < -0.3 is 0 Å². The van der Waals surface area contributed by atoms with Gasteiger partial charge in [-0.05, 0) is 47.9 Å². The molecule has 1 saturated heterocycles. The molecule has 3 aromatic rings. The molecule has 1 aromatic heterocycles. The number of benzene rings is 2. The molecule has 0 spiro atoms. The lowest BCUT2D eigenvalue weighted by molar-refractivity contribution is -0.117. The van der Waals surface area contributed by atoms with Gasteiger partial charge in [-0.3, -0.25) is 24.1 Å². The minimum Gasteiger partial charge on any atom is -0.295 e. The fraction of sp³-hybridized carbons (Fsp3) is 0.190. The van der Waals surface area contributed by atoms with Crippen LogP contribution in [0.2, 0.25) is 0 Å². The number of nitrogens with one attached hydrogen (secondary N) is 1. The number of aryl methyl sites for hydroxylation is 3. The summed E-state index contributed by atoms with van der Waals surface area (Å²) in [6, 6.07) is 12.9. The first-order chi connectivity index (χ1) is 13.4. The average molecular weight is 376 g/mol. The van der Waals surface area contributed by atoms with E-state index in [1.165, 1.54) is 9.58 Å². The van der Waals surface area contributed by atoms with Crippen molar-refractivity contribution in [1.82, 2.24) is 14.6 Å². The first-order valence-electron chi connectivity index (χ1n) is 9.02. The van der Waals surface area contributed by atoms with Crippen molar-refractivity contribution in [3.8, 4) is 0 Å². The van der Waals surface area contributed by atoms with Gasteiger partial charge in [0.05, 0.1) is 16.7 Å². The van der Waals surface area contributed by atoms with Crippen LogP contribution in [0.5, 0.6) is 0 Å². The van der Waals surface area contributed by atoms with Gasteiger partial charge in [-0.2, -0.15) is 0 Å². The third-order valence-corrected chi connectivity index (χ3v) is 5.10. The molecule has 1 aliphatic rings. The van der Waals surface area contributed by atoms with Crippen molar-refractivity contribution in [3.05, 3.63) is 69.6 Å². The average Bonchev–Trinajstić information content (AvgIpc) is 3.11. The van der Waals surface area contributed by atoms with E-state index in [1.54, 1.807) is 36.9 Å². The van der Waals surface area contributed by atoms with Crippen LogP contribution in [0.1, 0.15) is 18.1 Å². The lowest BCUT2D eigenvalue weighted by Gasteiger charge is -2.14. The van der Waals surface area contributed by atoms with Crippen molar-refractivity contribution in [2.24, 2.45) is 14.1 Å². The van der Waals surface area contributed by atoms with Crippen molar-refractivity contribution in [3.63, 3.8) is 0 Å². The third kappa shape index (κ3) is 2.72. The Morgan fingerprint density at radius 3 is 2.29 bits per heavy atom. The van der Waals surface area contributed by atoms with Crippen LogP contribution < -0.4 is 16.1 Å². The van der Waals surface area contributed by atoms with Crippen molar-refractivity contribution >= 4 is 34.6 Å². The predicted octanol–water partition coefficient (Wildman–Crippen LogP) is 1.90. The van der Waals surface area contributed by atoms with Gasteiger partial charge in [0.2, 0.25) is 0 Å². The van der Waals surface area contributed by atoms with E-state index in [1.807, 2.05) is 30.3 Å². The van der Waals surface area contributed by atoms with Crippen molar-refractivity contribution < 1.29 is 9.59 Å². The molecule has 0 radical (unpaired) electrons. The van der Waals surface area contributed by atoms with Crippen LogP contribution in [0.3, 0.4) is 0 Å². The fourth-order valence-corrected chi connectivity index (χ4v) is 3.40. The highest BCUT2D eigenvalue weighted by Gasteiger charge is 2.34. The minimum absolute atomic E-state index is 0.0554. The molecule has 1 fully saturated rings. The van der Waals surface area contributed by atoms with Gasteiger partial charge in [0.25, 0.3) is 11.8 Å². The van der Waals surface area contributed by atoms with E-state index in [9.17, 15) is 14.4 Å². The summed E-state index contributed by atoms with van der Waals surface area (Å²) in [6.07, 6.45) is 2.45. The molecule has 0 unspecified atom stereocenters. The molecule has 0 saturated carbocycles. The first kappa shape index (κ1) is 17.8. The van der Waals surface area contributed by atoms with E-state index in [0.29, 0.717) is 11.3 Å². The van der Waals surface area contributed by atoms with E-state index in [0.717, 1.165) is 23.0 Å². The molecular formula is C21H20N4O3. The molecule has 4 rings (SSSR count). The molecular weight excluding hydrogens is 356 g/mol. The minimum atomic E-state index is -0.452. The molecule has 7 nitrogen and oxygen atoms in total. The highest BCUT2D eigenvalue weighted by Crippen LogP contribution is 2.23. The van der Waals surface area contributed by atoms with Gasteiger partial charge in [-0.15, -0.1) is 0 Å². The maximum absolute atomic E-state index is 12.8. The Morgan fingerprint density at radius 1 is 0.929 bits per heavy atom. The van der Waals surface area contributed by atoms with Crippen LogP contribution in [0.4, 0.5) is 5.69 Å².